The lowest BCUT2D eigenvalue weighted by atomic mass is 9.98. The van der Waals surface area contributed by atoms with E-state index < -0.39 is 0 Å². The minimum atomic E-state index is 0.181. The van der Waals surface area contributed by atoms with Crippen LogP contribution in [0.3, 0.4) is 0 Å². The molecule has 0 radical (unpaired) electrons. The molecular formula is C21H37N3O3. The molecule has 1 unspecified atom stereocenters. The van der Waals surface area contributed by atoms with Gasteiger partial charge in [-0.05, 0) is 38.5 Å². The summed E-state index contributed by atoms with van der Waals surface area (Å²) in [5, 5.41) is 0. The molecule has 2 amide bonds. The number of carbonyl (C=O) groups excluding carboxylic acids is 2. The van der Waals surface area contributed by atoms with Crippen molar-refractivity contribution in [2.24, 2.45) is 5.92 Å². The number of carbonyl (C=O) groups is 2. The van der Waals surface area contributed by atoms with E-state index >= 15 is 0 Å². The van der Waals surface area contributed by atoms with Gasteiger partial charge in [-0.15, -0.1) is 0 Å². The van der Waals surface area contributed by atoms with Crippen molar-refractivity contribution in [1.29, 1.82) is 0 Å². The van der Waals surface area contributed by atoms with Crippen molar-refractivity contribution < 1.29 is 14.3 Å². The van der Waals surface area contributed by atoms with Gasteiger partial charge < -0.3 is 14.5 Å². The number of nitrogens with zero attached hydrogens (tertiary/aromatic N) is 3. The molecule has 0 spiro atoms. The molecule has 0 aromatic rings. The van der Waals surface area contributed by atoms with Gasteiger partial charge >= 0.3 is 0 Å². The zero-order chi connectivity index (χ0) is 19.2. The van der Waals surface area contributed by atoms with Crippen molar-refractivity contribution in [2.75, 3.05) is 46.4 Å². The highest BCUT2D eigenvalue weighted by molar-refractivity contribution is 5.78. The predicted octanol–water partition coefficient (Wildman–Crippen LogP) is 2.13. The average Bonchev–Trinajstić information content (AvgIpc) is 3.23. The number of piperidine rings is 1. The highest BCUT2D eigenvalue weighted by Gasteiger charge is 2.33. The fraction of sp³-hybridized carbons (Fsp3) is 0.905. The fourth-order valence-electron chi connectivity index (χ4n) is 5.05. The first kappa shape index (κ1) is 20.6. The molecule has 2 heterocycles. The van der Waals surface area contributed by atoms with E-state index in [9.17, 15) is 9.59 Å². The first-order valence-electron chi connectivity index (χ1n) is 10.9. The Morgan fingerprint density at radius 2 is 1.67 bits per heavy atom. The smallest absolute Gasteiger partial charge is 0.225 e. The topological polar surface area (TPSA) is 53.1 Å². The second kappa shape index (κ2) is 9.87. The van der Waals surface area contributed by atoms with Crippen LogP contribution in [-0.4, -0.2) is 85.0 Å². The maximum Gasteiger partial charge on any atom is 0.225 e. The highest BCUT2D eigenvalue weighted by atomic mass is 16.5. The van der Waals surface area contributed by atoms with Crippen LogP contribution in [0.4, 0.5) is 0 Å². The molecule has 1 saturated carbocycles. The summed E-state index contributed by atoms with van der Waals surface area (Å²) in [5.41, 5.74) is 0. The lowest BCUT2D eigenvalue weighted by Gasteiger charge is -2.44. The summed E-state index contributed by atoms with van der Waals surface area (Å²) < 4.78 is 5.57. The molecule has 6 nitrogen and oxygen atoms in total. The number of likely N-dealkylation sites (N-methyl/N-ethyl adjacent to an activating group) is 1. The molecule has 0 bridgehead atoms. The monoisotopic (exact) mass is 379 g/mol. The molecular weight excluding hydrogens is 342 g/mol. The number of rotatable bonds is 6. The van der Waals surface area contributed by atoms with Crippen LogP contribution in [-0.2, 0) is 14.3 Å². The van der Waals surface area contributed by atoms with Crippen LogP contribution in [0.2, 0.25) is 0 Å². The molecule has 0 aromatic heterocycles. The molecule has 6 heteroatoms. The Labute approximate surface area is 164 Å². The number of hydrogen-bond donors (Lipinski definition) is 0. The lowest BCUT2D eigenvalue weighted by molar-refractivity contribution is -0.134. The van der Waals surface area contributed by atoms with Crippen LogP contribution >= 0.6 is 0 Å². The van der Waals surface area contributed by atoms with Gasteiger partial charge in [0.2, 0.25) is 11.8 Å². The first-order chi connectivity index (χ1) is 13.1. The maximum atomic E-state index is 12.7. The van der Waals surface area contributed by atoms with Gasteiger partial charge in [0, 0.05) is 71.4 Å². The quantitative estimate of drug-likeness (QED) is 0.709. The average molecular weight is 380 g/mol. The van der Waals surface area contributed by atoms with E-state index in [-0.39, 0.29) is 11.8 Å². The summed E-state index contributed by atoms with van der Waals surface area (Å²) in [4.78, 5) is 31.1. The first-order valence-corrected chi connectivity index (χ1v) is 10.9. The third-order valence-corrected chi connectivity index (χ3v) is 6.74. The Morgan fingerprint density at radius 1 is 0.963 bits per heavy atom. The molecule has 1 atom stereocenters. The van der Waals surface area contributed by atoms with E-state index in [2.05, 4.69) is 4.90 Å². The third kappa shape index (κ3) is 5.44. The molecule has 0 N–H and O–H groups in total. The zero-order valence-electron chi connectivity index (χ0n) is 17.2. The molecule has 2 saturated heterocycles. The van der Waals surface area contributed by atoms with Crippen molar-refractivity contribution in [2.45, 2.75) is 70.4 Å². The molecule has 154 valence electrons. The minimum Gasteiger partial charge on any atom is -0.381 e. The van der Waals surface area contributed by atoms with Crippen LogP contribution in [0.15, 0.2) is 0 Å². The van der Waals surface area contributed by atoms with E-state index in [4.69, 9.17) is 4.74 Å². The van der Waals surface area contributed by atoms with Crippen molar-refractivity contribution in [3.8, 4) is 0 Å². The van der Waals surface area contributed by atoms with E-state index in [1.807, 2.05) is 16.8 Å². The number of hydrogen-bond acceptors (Lipinski definition) is 4. The second-order valence-electron chi connectivity index (χ2n) is 8.58. The SMILES string of the molecule is CC(=O)N1CCCC(N(CCN(C)C(=O)C2CCCC2)C2CCOCC2)C1. The Bertz CT molecular complexity index is 501. The van der Waals surface area contributed by atoms with Crippen molar-refractivity contribution in [3.63, 3.8) is 0 Å². The molecule has 2 aliphatic heterocycles. The summed E-state index contributed by atoms with van der Waals surface area (Å²) in [6, 6.07) is 0.909. The summed E-state index contributed by atoms with van der Waals surface area (Å²) in [7, 11) is 1.96. The van der Waals surface area contributed by atoms with E-state index in [0.717, 1.165) is 77.9 Å². The molecule has 3 rings (SSSR count). The molecule has 3 fully saturated rings. The van der Waals surface area contributed by atoms with Crippen LogP contribution in [0.25, 0.3) is 0 Å². The van der Waals surface area contributed by atoms with Gasteiger partial charge in [0.15, 0.2) is 0 Å². The Morgan fingerprint density at radius 3 is 2.33 bits per heavy atom. The maximum absolute atomic E-state index is 12.7. The highest BCUT2D eigenvalue weighted by Crippen LogP contribution is 2.27. The van der Waals surface area contributed by atoms with Gasteiger partial charge in [0.1, 0.15) is 0 Å². The van der Waals surface area contributed by atoms with Crippen LogP contribution in [0.1, 0.15) is 58.3 Å². The molecule has 27 heavy (non-hydrogen) atoms. The Balaban J connectivity index is 1.60. The van der Waals surface area contributed by atoms with E-state index in [0.29, 0.717) is 18.0 Å². The second-order valence-corrected chi connectivity index (χ2v) is 8.58. The Kier molecular flexibility index (Phi) is 7.53. The van der Waals surface area contributed by atoms with Gasteiger partial charge in [-0.2, -0.15) is 0 Å². The molecule has 1 aliphatic carbocycles. The van der Waals surface area contributed by atoms with Gasteiger partial charge in [0.05, 0.1) is 0 Å². The number of likely N-dealkylation sites (tertiary alicyclic amines) is 1. The fourth-order valence-corrected chi connectivity index (χ4v) is 5.05. The Hall–Kier alpha value is -1.14. The van der Waals surface area contributed by atoms with Gasteiger partial charge in [-0.25, -0.2) is 0 Å². The standard InChI is InChI=1S/C21H37N3O3/c1-17(25)23-11-5-8-20(16-23)24(19-9-14-27-15-10-19)13-12-22(2)21(26)18-6-3-4-7-18/h18-20H,3-16H2,1-2H3. The van der Waals surface area contributed by atoms with E-state index in [1.165, 1.54) is 12.8 Å². The molecule has 3 aliphatic rings. The minimum absolute atomic E-state index is 0.181. The largest absolute Gasteiger partial charge is 0.381 e. The van der Waals surface area contributed by atoms with Gasteiger partial charge in [-0.1, -0.05) is 12.8 Å². The zero-order valence-corrected chi connectivity index (χ0v) is 17.2. The third-order valence-electron chi connectivity index (χ3n) is 6.74. The molecule has 0 aromatic carbocycles. The summed E-state index contributed by atoms with van der Waals surface area (Å²) in [5.74, 6) is 0.753. The van der Waals surface area contributed by atoms with Crippen molar-refractivity contribution >= 4 is 11.8 Å². The van der Waals surface area contributed by atoms with Gasteiger partial charge in [-0.3, -0.25) is 14.5 Å². The van der Waals surface area contributed by atoms with Crippen LogP contribution in [0, 0.1) is 5.92 Å². The van der Waals surface area contributed by atoms with Crippen molar-refractivity contribution in [3.05, 3.63) is 0 Å². The van der Waals surface area contributed by atoms with Crippen LogP contribution in [0.5, 0.6) is 0 Å². The van der Waals surface area contributed by atoms with Gasteiger partial charge in [0.25, 0.3) is 0 Å². The summed E-state index contributed by atoms with van der Waals surface area (Å²) >= 11 is 0. The summed E-state index contributed by atoms with van der Waals surface area (Å²) in [6.07, 6.45) is 8.82. The predicted molar refractivity (Wildman–Crippen MR) is 105 cm³/mol. The lowest BCUT2D eigenvalue weighted by Crippen LogP contribution is -2.55. The van der Waals surface area contributed by atoms with E-state index in [1.54, 1.807) is 6.92 Å². The number of amides is 2. The summed E-state index contributed by atoms with van der Waals surface area (Å²) in [6.45, 7) is 6.71. The van der Waals surface area contributed by atoms with Crippen molar-refractivity contribution in [1.82, 2.24) is 14.7 Å². The normalized spacial score (nSPS) is 25.1. The van der Waals surface area contributed by atoms with Crippen LogP contribution < -0.4 is 0 Å². The number of ether oxygens (including phenoxy) is 1.